The van der Waals surface area contributed by atoms with Gasteiger partial charge in [0.1, 0.15) is 0 Å². The molecule has 0 amide bonds. The smallest absolute Gasteiger partial charge is 0.0670 e. The Hall–Kier alpha value is -1.55. The van der Waals surface area contributed by atoms with Gasteiger partial charge in [-0.25, -0.2) is 0 Å². The van der Waals surface area contributed by atoms with Crippen LogP contribution in [0.2, 0.25) is 0 Å². The Labute approximate surface area is 101 Å². The van der Waals surface area contributed by atoms with Crippen LogP contribution in [0.3, 0.4) is 0 Å². The summed E-state index contributed by atoms with van der Waals surface area (Å²) in [7, 11) is 2.21. The highest BCUT2D eigenvalue weighted by molar-refractivity contribution is 5.81. The van der Waals surface area contributed by atoms with Crippen LogP contribution in [0.15, 0.2) is 24.4 Å². The summed E-state index contributed by atoms with van der Waals surface area (Å²) in [5.41, 5.74) is 2.26. The normalized spacial score (nSPS) is 21.1. The van der Waals surface area contributed by atoms with Gasteiger partial charge in [0.15, 0.2) is 0 Å². The van der Waals surface area contributed by atoms with Crippen LogP contribution < -0.4 is 5.32 Å². The molecule has 4 heteroatoms. The molecule has 1 saturated heterocycles. The van der Waals surface area contributed by atoms with Crippen molar-refractivity contribution < 1.29 is 0 Å². The first-order valence-electron chi connectivity index (χ1n) is 6.20. The van der Waals surface area contributed by atoms with E-state index in [1.54, 1.807) is 0 Å². The van der Waals surface area contributed by atoms with Gasteiger partial charge in [0.25, 0.3) is 0 Å². The summed E-state index contributed by atoms with van der Waals surface area (Å²) in [6.45, 7) is 2.25. The second kappa shape index (κ2) is 4.37. The quantitative estimate of drug-likeness (QED) is 0.848. The topological polar surface area (TPSA) is 44.0 Å². The van der Waals surface area contributed by atoms with Crippen molar-refractivity contribution in [2.24, 2.45) is 0 Å². The summed E-state index contributed by atoms with van der Waals surface area (Å²) >= 11 is 0. The third-order valence-corrected chi connectivity index (χ3v) is 3.66. The molecule has 3 rings (SSSR count). The van der Waals surface area contributed by atoms with E-state index in [1.807, 2.05) is 6.20 Å². The summed E-state index contributed by atoms with van der Waals surface area (Å²) < 4.78 is 0. The standard InChI is InChI=1S/C13H18N4/c1-17-6-2-3-12(17)9-14-11-5-4-10-8-15-16-13(10)7-11/h4-5,7-8,12,14H,2-3,6,9H2,1H3,(H,15,16). The van der Waals surface area contributed by atoms with E-state index in [1.165, 1.54) is 25.1 Å². The van der Waals surface area contributed by atoms with Crippen molar-refractivity contribution in [1.29, 1.82) is 0 Å². The number of aromatic nitrogens is 2. The summed E-state index contributed by atoms with van der Waals surface area (Å²) in [5.74, 6) is 0. The molecule has 2 N–H and O–H groups in total. The van der Waals surface area contributed by atoms with Crippen molar-refractivity contribution in [1.82, 2.24) is 15.1 Å². The number of aromatic amines is 1. The minimum Gasteiger partial charge on any atom is -0.383 e. The number of nitrogens with zero attached hydrogens (tertiary/aromatic N) is 2. The van der Waals surface area contributed by atoms with Crippen LogP contribution in [0, 0.1) is 0 Å². The minimum absolute atomic E-state index is 0.674. The number of hydrogen-bond acceptors (Lipinski definition) is 3. The van der Waals surface area contributed by atoms with Crippen LogP contribution >= 0.6 is 0 Å². The van der Waals surface area contributed by atoms with Gasteiger partial charge in [-0.15, -0.1) is 0 Å². The van der Waals surface area contributed by atoms with Crippen molar-refractivity contribution in [2.75, 3.05) is 25.5 Å². The van der Waals surface area contributed by atoms with Crippen molar-refractivity contribution in [2.45, 2.75) is 18.9 Å². The Morgan fingerprint density at radius 1 is 1.53 bits per heavy atom. The molecule has 17 heavy (non-hydrogen) atoms. The average Bonchev–Trinajstić information content (AvgIpc) is 2.94. The molecule has 1 aromatic heterocycles. The fraction of sp³-hybridized carbons (Fsp3) is 0.462. The van der Waals surface area contributed by atoms with E-state index in [2.05, 4.69) is 45.7 Å². The van der Waals surface area contributed by atoms with Crippen LogP contribution in [0.1, 0.15) is 12.8 Å². The van der Waals surface area contributed by atoms with Gasteiger partial charge in [-0.1, -0.05) is 0 Å². The lowest BCUT2D eigenvalue weighted by Gasteiger charge is -2.20. The second-order valence-electron chi connectivity index (χ2n) is 4.83. The Morgan fingerprint density at radius 2 is 2.47 bits per heavy atom. The molecule has 0 bridgehead atoms. The molecular weight excluding hydrogens is 212 g/mol. The van der Waals surface area contributed by atoms with Crippen LogP contribution in [-0.4, -0.2) is 41.3 Å². The molecule has 1 fully saturated rings. The molecule has 1 aromatic carbocycles. The molecule has 0 aliphatic carbocycles. The van der Waals surface area contributed by atoms with Gasteiger partial charge < -0.3 is 10.2 Å². The van der Waals surface area contributed by atoms with E-state index >= 15 is 0 Å². The fourth-order valence-electron chi connectivity index (χ4n) is 2.52. The lowest BCUT2D eigenvalue weighted by atomic mass is 10.2. The van der Waals surface area contributed by atoms with E-state index in [-0.39, 0.29) is 0 Å². The third-order valence-electron chi connectivity index (χ3n) is 3.66. The highest BCUT2D eigenvalue weighted by Gasteiger charge is 2.20. The Morgan fingerprint density at radius 3 is 3.29 bits per heavy atom. The highest BCUT2D eigenvalue weighted by Crippen LogP contribution is 2.19. The van der Waals surface area contributed by atoms with Crippen LogP contribution in [0.25, 0.3) is 10.9 Å². The number of benzene rings is 1. The van der Waals surface area contributed by atoms with Crippen LogP contribution in [0.4, 0.5) is 5.69 Å². The van der Waals surface area contributed by atoms with E-state index in [0.717, 1.165) is 17.4 Å². The van der Waals surface area contributed by atoms with Crippen molar-refractivity contribution >= 4 is 16.6 Å². The predicted molar refractivity (Wildman–Crippen MR) is 70.2 cm³/mol. The SMILES string of the molecule is CN1CCCC1CNc1ccc2cn[nH]c2c1. The first-order chi connectivity index (χ1) is 8.33. The molecule has 0 saturated carbocycles. The minimum atomic E-state index is 0.674. The van der Waals surface area contributed by atoms with Gasteiger partial charge in [-0.05, 0) is 44.6 Å². The molecule has 4 nitrogen and oxygen atoms in total. The lowest BCUT2D eigenvalue weighted by molar-refractivity contribution is 0.322. The Kier molecular flexibility index (Phi) is 2.73. The predicted octanol–water partition coefficient (Wildman–Crippen LogP) is 2.07. The number of likely N-dealkylation sites (tertiary alicyclic amines) is 1. The van der Waals surface area contributed by atoms with Crippen LogP contribution in [0.5, 0.6) is 0 Å². The van der Waals surface area contributed by atoms with Crippen LogP contribution in [-0.2, 0) is 0 Å². The average molecular weight is 230 g/mol. The van der Waals surface area contributed by atoms with Crippen molar-refractivity contribution in [3.63, 3.8) is 0 Å². The van der Waals surface area contributed by atoms with Crippen molar-refractivity contribution in [3.05, 3.63) is 24.4 Å². The maximum Gasteiger partial charge on any atom is 0.0670 e. The maximum atomic E-state index is 4.03. The second-order valence-corrected chi connectivity index (χ2v) is 4.83. The largest absolute Gasteiger partial charge is 0.383 e. The summed E-state index contributed by atoms with van der Waals surface area (Å²) in [5, 5.41) is 11.7. The first-order valence-corrected chi connectivity index (χ1v) is 6.20. The lowest BCUT2D eigenvalue weighted by Crippen LogP contribution is -2.31. The van der Waals surface area contributed by atoms with Gasteiger partial charge in [-0.3, -0.25) is 5.10 Å². The number of anilines is 1. The summed E-state index contributed by atoms with van der Waals surface area (Å²) in [6, 6.07) is 7.01. The summed E-state index contributed by atoms with van der Waals surface area (Å²) in [6.07, 6.45) is 4.47. The number of fused-ring (bicyclic) bond motifs is 1. The van der Waals surface area contributed by atoms with E-state index in [0.29, 0.717) is 6.04 Å². The van der Waals surface area contributed by atoms with Gasteiger partial charge in [0.2, 0.25) is 0 Å². The van der Waals surface area contributed by atoms with Gasteiger partial charge >= 0.3 is 0 Å². The zero-order chi connectivity index (χ0) is 11.7. The molecule has 2 aromatic rings. The van der Waals surface area contributed by atoms with E-state index in [9.17, 15) is 0 Å². The molecule has 0 radical (unpaired) electrons. The maximum absolute atomic E-state index is 4.03. The van der Waals surface area contributed by atoms with Gasteiger partial charge in [0, 0.05) is 23.7 Å². The zero-order valence-corrected chi connectivity index (χ0v) is 10.1. The Balaban J connectivity index is 1.67. The number of hydrogen-bond donors (Lipinski definition) is 2. The molecular formula is C13H18N4. The van der Waals surface area contributed by atoms with E-state index < -0.39 is 0 Å². The monoisotopic (exact) mass is 230 g/mol. The first kappa shape index (κ1) is 10.6. The number of nitrogens with one attached hydrogen (secondary N) is 2. The Bertz CT molecular complexity index is 505. The highest BCUT2D eigenvalue weighted by atomic mass is 15.2. The van der Waals surface area contributed by atoms with Gasteiger partial charge in [0.05, 0.1) is 11.7 Å². The molecule has 90 valence electrons. The summed E-state index contributed by atoms with van der Waals surface area (Å²) in [4.78, 5) is 2.43. The third kappa shape index (κ3) is 2.13. The van der Waals surface area contributed by atoms with Gasteiger partial charge in [-0.2, -0.15) is 5.10 Å². The molecule has 1 aliphatic rings. The zero-order valence-electron chi connectivity index (χ0n) is 10.1. The van der Waals surface area contributed by atoms with E-state index in [4.69, 9.17) is 0 Å². The number of H-pyrrole nitrogens is 1. The fourth-order valence-corrected chi connectivity index (χ4v) is 2.52. The number of rotatable bonds is 3. The van der Waals surface area contributed by atoms with Crippen molar-refractivity contribution in [3.8, 4) is 0 Å². The number of likely N-dealkylation sites (N-methyl/N-ethyl adjacent to an activating group) is 1. The molecule has 1 aliphatic heterocycles. The molecule has 1 unspecified atom stereocenters. The molecule has 0 spiro atoms. The molecule has 1 atom stereocenters. The molecule has 2 heterocycles.